The third-order valence-electron chi connectivity index (χ3n) is 3.90. The molecule has 14 heavy (non-hydrogen) atoms. The average molecular weight is 195 g/mol. The Kier molecular flexibility index (Phi) is 2.65. The number of piperidine rings is 3. The number of carbonyl (C=O) groups is 1. The zero-order valence-electron chi connectivity index (χ0n) is 9.38. The van der Waals surface area contributed by atoms with Crippen molar-refractivity contribution in [3.63, 3.8) is 0 Å². The van der Waals surface area contributed by atoms with E-state index in [1.54, 1.807) is 0 Å². The summed E-state index contributed by atoms with van der Waals surface area (Å²) in [6, 6.07) is 0. The first-order valence-corrected chi connectivity index (χ1v) is 5.88. The Morgan fingerprint density at radius 1 is 1.21 bits per heavy atom. The Hall–Kier alpha value is -0.370. The molecule has 0 aromatic heterocycles. The van der Waals surface area contributed by atoms with Crippen molar-refractivity contribution < 1.29 is 4.79 Å². The second kappa shape index (κ2) is 3.65. The van der Waals surface area contributed by atoms with Gasteiger partial charge >= 0.3 is 0 Å². The standard InChI is InChI=1S/C12H21NO/c1-10(2)9-11(14)12-3-6-13(7-4-12)8-5-12/h10H,3-9H2,1-2H3. The predicted molar refractivity (Wildman–Crippen MR) is 57.2 cm³/mol. The summed E-state index contributed by atoms with van der Waals surface area (Å²) < 4.78 is 0. The van der Waals surface area contributed by atoms with Crippen LogP contribution in [0.2, 0.25) is 0 Å². The Bertz CT molecular complexity index is 213. The minimum absolute atomic E-state index is 0.0963. The van der Waals surface area contributed by atoms with Gasteiger partial charge in [-0.05, 0) is 44.8 Å². The summed E-state index contributed by atoms with van der Waals surface area (Å²) in [5, 5.41) is 0. The van der Waals surface area contributed by atoms with Gasteiger partial charge in [-0.1, -0.05) is 13.8 Å². The molecule has 0 N–H and O–H groups in total. The van der Waals surface area contributed by atoms with Crippen LogP contribution < -0.4 is 0 Å². The molecule has 0 spiro atoms. The molecule has 2 heteroatoms. The number of nitrogens with zero attached hydrogens (tertiary/aromatic N) is 1. The lowest BCUT2D eigenvalue weighted by molar-refractivity contribution is -0.136. The maximum absolute atomic E-state index is 12.2. The summed E-state index contributed by atoms with van der Waals surface area (Å²) >= 11 is 0. The predicted octanol–water partition coefficient (Wildman–Crippen LogP) is 2.09. The van der Waals surface area contributed by atoms with Gasteiger partial charge in [-0.2, -0.15) is 0 Å². The van der Waals surface area contributed by atoms with Crippen molar-refractivity contribution in [1.82, 2.24) is 4.90 Å². The van der Waals surface area contributed by atoms with Crippen molar-refractivity contribution in [3.8, 4) is 0 Å². The van der Waals surface area contributed by atoms with E-state index in [4.69, 9.17) is 0 Å². The van der Waals surface area contributed by atoms with Gasteiger partial charge in [0.1, 0.15) is 5.78 Å². The summed E-state index contributed by atoms with van der Waals surface area (Å²) in [6.07, 6.45) is 4.16. The monoisotopic (exact) mass is 195 g/mol. The minimum atomic E-state index is 0.0963. The Morgan fingerprint density at radius 2 is 1.71 bits per heavy atom. The van der Waals surface area contributed by atoms with E-state index in [9.17, 15) is 4.79 Å². The zero-order valence-corrected chi connectivity index (χ0v) is 9.38. The van der Waals surface area contributed by atoms with E-state index in [1.165, 1.54) is 0 Å². The molecule has 3 fully saturated rings. The fourth-order valence-corrected chi connectivity index (χ4v) is 2.83. The molecule has 0 aromatic carbocycles. The molecule has 80 valence electrons. The van der Waals surface area contributed by atoms with Crippen molar-refractivity contribution in [1.29, 1.82) is 0 Å². The minimum Gasteiger partial charge on any atom is -0.303 e. The molecule has 0 atom stereocenters. The van der Waals surface area contributed by atoms with E-state index in [0.717, 1.165) is 45.3 Å². The molecule has 2 bridgehead atoms. The highest BCUT2D eigenvalue weighted by atomic mass is 16.1. The lowest BCUT2D eigenvalue weighted by Crippen LogP contribution is -2.51. The summed E-state index contributed by atoms with van der Waals surface area (Å²) in [6.45, 7) is 7.76. The van der Waals surface area contributed by atoms with Crippen LogP contribution >= 0.6 is 0 Å². The number of carbonyl (C=O) groups excluding carboxylic acids is 1. The summed E-state index contributed by atoms with van der Waals surface area (Å²) in [7, 11) is 0. The van der Waals surface area contributed by atoms with Crippen LogP contribution in [-0.4, -0.2) is 30.3 Å². The summed E-state index contributed by atoms with van der Waals surface area (Å²) in [5.41, 5.74) is 0.0963. The highest BCUT2D eigenvalue weighted by molar-refractivity contribution is 5.85. The Labute approximate surface area is 86.7 Å². The first-order valence-electron chi connectivity index (χ1n) is 5.88. The molecule has 0 aliphatic carbocycles. The average Bonchev–Trinajstić information content (AvgIpc) is 2.19. The highest BCUT2D eigenvalue weighted by Crippen LogP contribution is 2.42. The molecule has 0 radical (unpaired) electrons. The molecule has 3 aliphatic rings. The van der Waals surface area contributed by atoms with E-state index in [0.29, 0.717) is 11.7 Å². The van der Waals surface area contributed by atoms with Gasteiger partial charge in [-0.3, -0.25) is 4.79 Å². The van der Waals surface area contributed by atoms with Gasteiger partial charge in [-0.15, -0.1) is 0 Å². The van der Waals surface area contributed by atoms with Crippen LogP contribution in [-0.2, 0) is 4.79 Å². The first kappa shape index (κ1) is 10.2. The van der Waals surface area contributed by atoms with Gasteiger partial charge in [0, 0.05) is 11.8 Å². The van der Waals surface area contributed by atoms with E-state index in [1.807, 2.05) is 0 Å². The lowest BCUT2D eigenvalue weighted by atomic mass is 9.67. The molecule has 2 nitrogen and oxygen atoms in total. The Morgan fingerprint density at radius 3 is 2.14 bits per heavy atom. The van der Waals surface area contributed by atoms with E-state index >= 15 is 0 Å². The van der Waals surface area contributed by atoms with Crippen LogP contribution in [0.25, 0.3) is 0 Å². The van der Waals surface area contributed by atoms with Crippen LogP contribution in [0.4, 0.5) is 0 Å². The van der Waals surface area contributed by atoms with Crippen LogP contribution in [0.1, 0.15) is 39.5 Å². The molecule has 0 saturated carbocycles. The fourth-order valence-electron chi connectivity index (χ4n) is 2.83. The maximum Gasteiger partial charge on any atom is 0.139 e. The summed E-state index contributed by atoms with van der Waals surface area (Å²) in [5.74, 6) is 1.07. The van der Waals surface area contributed by atoms with Crippen molar-refractivity contribution in [2.24, 2.45) is 11.3 Å². The Balaban J connectivity index is 2.03. The number of hydrogen-bond donors (Lipinski definition) is 0. The molecule has 0 unspecified atom stereocenters. The SMILES string of the molecule is CC(C)CC(=O)C12CCN(CC1)CC2. The van der Waals surface area contributed by atoms with Crippen LogP contribution in [0, 0.1) is 11.3 Å². The van der Waals surface area contributed by atoms with Gasteiger partial charge in [-0.25, -0.2) is 0 Å². The van der Waals surface area contributed by atoms with Crippen LogP contribution in [0.15, 0.2) is 0 Å². The van der Waals surface area contributed by atoms with Gasteiger partial charge in [0.2, 0.25) is 0 Å². The number of ketones is 1. The largest absolute Gasteiger partial charge is 0.303 e. The molecule has 0 amide bonds. The maximum atomic E-state index is 12.2. The van der Waals surface area contributed by atoms with Gasteiger partial charge in [0.25, 0.3) is 0 Å². The second-order valence-electron chi connectivity index (χ2n) is 5.39. The molecule has 3 rings (SSSR count). The third-order valence-corrected chi connectivity index (χ3v) is 3.90. The molecular weight excluding hydrogens is 174 g/mol. The van der Waals surface area contributed by atoms with Crippen molar-refractivity contribution in [2.75, 3.05) is 19.6 Å². The first-order chi connectivity index (χ1) is 6.62. The number of fused-ring (bicyclic) bond motifs is 3. The molecular formula is C12H21NO. The van der Waals surface area contributed by atoms with Gasteiger partial charge in [0.15, 0.2) is 0 Å². The molecule has 3 saturated heterocycles. The van der Waals surface area contributed by atoms with Crippen LogP contribution in [0.3, 0.4) is 0 Å². The quantitative estimate of drug-likeness (QED) is 0.687. The number of hydrogen-bond acceptors (Lipinski definition) is 2. The zero-order chi connectivity index (χ0) is 10.2. The second-order valence-corrected chi connectivity index (χ2v) is 5.39. The van der Waals surface area contributed by atoms with E-state index < -0.39 is 0 Å². The highest BCUT2D eigenvalue weighted by Gasteiger charge is 2.44. The van der Waals surface area contributed by atoms with Gasteiger partial charge < -0.3 is 4.90 Å². The molecule has 0 aromatic rings. The lowest BCUT2D eigenvalue weighted by Gasteiger charge is -2.47. The van der Waals surface area contributed by atoms with Crippen molar-refractivity contribution in [3.05, 3.63) is 0 Å². The normalized spacial score (nSPS) is 36.4. The fraction of sp³-hybridized carbons (Fsp3) is 0.917. The molecule has 3 aliphatic heterocycles. The van der Waals surface area contributed by atoms with Crippen LogP contribution in [0.5, 0.6) is 0 Å². The third kappa shape index (κ3) is 1.72. The number of rotatable bonds is 3. The summed E-state index contributed by atoms with van der Waals surface area (Å²) in [4.78, 5) is 14.7. The van der Waals surface area contributed by atoms with Crippen molar-refractivity contribution >= 4 is 5.78 Å². The molecule has 3 heterocycles. The van der Waals surface area contributed by atoms with E-state index in [2.05, 4.69) is 18.7 Å². The smallest absolute Gasteiger partial charge is 0.139 e. The number of Topliss-reactive ketones (excluding diaryl/α,β-unsaturated/α-hetero) is 1. The topological polar surface area (TPSA) is 20.3 Å². The van der Waals surface area contributed by atoms with Crippen molar-refractivity contribution in [2.45, 2.75) is 39.5 Å². The van der Waals surface area contributed by atoms with E-state index in [-0.39, 0.29) is 5.41 Å². The van der Waals surface area contributed by atoms with Gasteiger partial charge in [0.05, 0.1) is 0 Å².